The van der Waals surface area contributed by atoms with Gasteiger partial charge in [0.05, 0.1) is 17.9 Å². The monoisotopic (exact) mass is 276 g/mol. The number of hydrogen-bond acceptors (Lipinski definition) is 3. The van der Waals surface area contributed by atoms with E-state index in [2.05, 4.69) is 10.3 Å². The van der Waals surface area contributed by atoms with Crippen LogP contribution in [0, 0.1) is 17.8 Å². The number of amides is 1. The predicted molar refractivity (Wildman–Crippen MR) is 73.8 cm³/mol. The molecule has 5 heteroatoms. The summed E-state index contributed by atoms with van der Waals surface area (Å²) in [7, 11) is 0. The van der Waals surface area contributed by atoms with Gasteiger partial charge in [0, 0.05) is 12.4 Å². The van der Waals surface area contributed by atoms with Gasteiger partial charge in [-0.2, -0.15) is 0 Å². The lowest BCUT2D eigenvalue weighted by atomic mass is 9.95. The smallest absolute Gasteiger partial charge is 0.307 e. The molecule has 2 N–H and O–H groups in total. The van der Waals surface area contributed by atoms with Crippen molar-refractivity contribution in [1.82, 2.24) is 10.3 Å². The van der Waals surface area contributed by atoms with Gasteiger partial charge in [0.1, 0.15) is 0 Å². The Labute approximate surface area is 118 Å². The van der Waals surface area contributed by atoms with Crippen molar-refractivity contribution < 1.29 is 14.7 Å². The van der Waals surface area contributed by atoms with E-state index in [9.17, 15) is 14.7 Å². The van der Waals surface area contributed by atoms with Gasteiger partial charge in [-0.3, -0.25) is 14.6 Å². The molecular weight excluding hydrogens is 256 g/mol. The highest BCUT2D eigenvalue weighted by Crippen LogP contribution is 2.36. The van der Waals surface area contributed by atoms with Crippen LogP contribution in [0.4, 0.5) is 0 Å². The first-order valence-electron chi connectivity index (χ1n) is 6.92. The quantitative estimate of drug-likeness (QED) is 0.881. The normalized spacial score (nSPS) is 27.0. The summed E-state index contributed by atoms with van der Waals surface area (Å²) in [5.41, 5.74) is 0.964. The van der Waals surface area contributed by atoms with Crippen LogP contribution in [0.2, 0.25) is 0 Å². The second-order valence-corrected chi connectivity index (χ2v) is 5.64. The minimum absolute atomic E-state index is 0.143. The van der Waals surface area contributed by atoms with E-state index in [0.29, 0.717) is 12.8 Å². The fourth-order valence-electron chi connectivity index (χ4n) is 2.91. The van der Waals surface area contributed by atoms with Crippen molar-refractivity contribution in [2.45, 2.75) is 32.7 Å². The van der Waals surface area contributed by atoms with Crippen LogP contribution < -0.4 is 5.32 Å². The summed E-state index contributed by atoms with van der Waals surface area (Å²) in [6.07, 6.45) is 4.58. The van der Waals surface area contributed by atoms with Crippen molar-refractivity contribution in [3.63, 3.8) is 0 Å². The molecule has 1 aromatic heterocycles. The number of aromatic nitrogens is 1. The molecule has 0 saturated heterocycles. The molecule has 1 aliphatic rings. The number of aliphatic carboxylic acids is 1. The Morgan fingerprint density at radius 1 is 1.30 bits per heavy atom. The van der Waals surface area contributed by atoms with Gasteiger partial charge in [0.15, 0.2) is 0 Å². The van der Waals surface area contributed by atoms with E-state index < -0.39 is 17.8 Å². The Kier molecular flexibility index (Phi) is 4.37. The zero-order chi connectivity index (χ0) is 14.7. The summed E-state index contributed by atoms with van der Waals surface area (Å²) in [4.78, 5) is 27.5. The lowest BCUT2D eigenvalue weighted by Gasteiger charge is -2.19. The maximum atomic E-state index is 12.3. The van der Waals surface area contributed by atoms with Crippen LogP contribution in [0.25, 0.3) is 0 Å². The third kappa shape index (κ3) is 3.15. The number of pyridine rings is 1. The van der Waals surface area contributed by atoms with Gasteiger partial charge in [0.25, 0.3) is 0 Å². The molecule has 1 unspecified atom stereocenters. The molecule has 1 saturated carbocycles. The minimum atomic E-state index is -0.869. The summed E-state index contributed by atoms with van der Waals surface area (Å²) in [6, 6.07) is 3.55. The average molecular weight is 276 g/mol. The molecule has 108 valence electrons. The standard InChI is InChI=1S/C15H20N2O3/c1-9-7-12(13(8-9)15(19)20)14(18)17-10(2)11-3-5-16-6-4-11/h3-6,9-10,12-13H,7-8H2,1-2H3,(H,17,18)(H,19,20)/t9?,10-,12-,13+/m0/s1. The Balaban J connectivity index is 2.02. The third-order valence-electron chi connectivity index (χ3n) is 4.02. The van der Waals surface area contributed by atoms with Crippen LogP contribution >= 0.6 is 0 Å². The van der Waals surface area contributed by atoms with Crippen LogP contribution in [-0.4, -0.2) is 22.0 Å². The van der Waals surface area contributed by atoms with Crippen LogP contribution in [0.1, 0.15) is 38.3 Å². The molecule has 0 aliphatic heterocycles. The summed E-state index contributed by atoms with van der Waals surface area (Å²) in [6.45, 7) is 3.89. The molecule has 1 heterocycles. The highest BCUT2D eigenvalue weighted by atomic mass is 16.4. The molecule has 20 heavy (non-hydrogen) atoms. The molecule has 5 nitrogen and oxygen atoms in total. The number of carboxylic acid groups (broad SMARTS) is 1. The molecule has 0 spiro atoms. The third-order valence-corrected chi connectivity index (χ3v) is 4.02. The zero-order valence-corrected chi connectivity index (χ0v) is 11.7. The number of carbonyl (C=O) groups is 2. The molecule has 1 aromatic rings. The van der Waals surface area contributed by atoms with Crippen molar-refractivity contribution in [3.05, 3.63) is 30.1 Å². The fourth-order valence-corrected chi connectivity index (χ4v) is 2.91. The fraction of sp³-hybridized carbons (Fsp3) is 0.533. The molecule has 2 rings (SSSR count). The van der Waals surface area contributed by atoms with Crippen molar-refractivity contribution in [2.75, 3.05) is 0 Å². The first-order chi connectivity index (χ1) is 9.49. The van der Waals surface area contributed by atoms with E-state index in [1.807, 2.05) is 26.0 Å². The summed E-state index contributed by atoms with van der Waals surface area (Å²) >= 11 is 0. The summed E-state index contributed by atoms with van der Waals surface area (Å²) in [5.74, 6) is -1.73. The number of rotatable bonds is 4. The molecule has 0 radical (unpaired) electrons. The molecule has 1 aliphatic carbocycles. The number of carbonyl (C=O) groups excluding carboxylic acids is 1. The average Bonchev–Trinajstić information content (AvgIpc) is 2.82. The summed E-state index contributed by atoms with van der Waals surface area (Å²) < 4.78 is 0. The highest BCUT2D eigenvalue weighted by Gasteiger charge is 2.41. The van der Waals surface area contributed by atoms with Gasteiger partial charge in [-0.05, 0) is 43.4 Å². The first kappa shape index (κ1) is 14.5. The SMILES string of the molecule is CC1C[C@H](C(=O)N[C@@H](C)c2ccncc2)[C@H](C(=O)O)C1. The topological polar surface area (TPSA) is 79.3 Å². The van der Waals surface area contributed by atoms with Crippen molar-refractivity contribution >= 4 is 11.9 Å². The van der Waals surface area contributed by atoms with Gasteiger partial charge in [-0.1, -0.05) is 6.92 Å². The second-order valence-electron chi connectivity index (χ2n) is 5.64. The van der Waals surface area contributed by atoms with Crippen LogP contribution in [0.5, 0.6) is 0 Å². The Morgan fingerprint density at radius 3 is 2.50 bits per heavy atom. The Hall–Kier alpha value is -1.91. The number of nitrogens with zero attached hydrogens (tertiary/aromatic N) is 1. The molecule has 4 atom stereocenters. The Morgan fingerprint density at radius 2 is 1.90 bits per heavy atom. The van der Waals surface area contributed by atoms with Gasteiger partial charge in [-0.15, -0.1) is 0 Å². The molecule has 0 bridgehead atoms. The van der Waals surface area contributed by atoms with E-state index in [1.165, 1.54) is 0 Å². The lowest BCUT2D eigenvalue weighted by Crippen LogP contribution is -2.36. The van der Waals surface area contributed by atoms with Crippen molar-refractivity contribution in [3.8, 4) is 0 Å². The van der Waals surface area contributed by atoms with E-state index >= 15 is 0 Å². The lowest BCUT2D eigenvalue weighted by molar-refractivity contribution is -0.146. The zero-order valence-electron chi connectivity index (χ0n) is 11.7. The highest BCUT2D eigenvalue weighted by molar-refractivity contribution is 5.85. The van der Waals surface area contributed by atoms with Gasteiger partial charge in [0.2, 0.25) is 5.91 Å². The van der Waals surface area contributed by atoms with Crippen LogP contribution in [0.15, 0.2) is 24.5 Å². The van der Waals surface area contributed by atoms with E-state index in [-0.39, 0.29) is 17.9 Å². The molecule has 0 aromatic carbocycles. The van der Waals surface area contributed by atoms with Crippen molar-refractivity contribution in [2.24, 2.45) is 17.8 Å². The van der Waals surface area contributed by atoms with E-state index in [4.69, 9.17) is 0 Å². The number of hydrogen-bond donors (Lipinski definition) is 2. The maximum absolute atomic E-state index is 12.3. The van der Waals surface area contributed by atoms with Crippen molar-refractivity contribution in [1.29, 1.82) is 0 Å². The molecule has 1 amide bonds. The minimum Gasteiger partial charge on any atom is -0.481 e. The maximum Gasteiger partial charge on any atom is 0.307 e. The van der Waals surface area contributed by atoms with E-state index in [1.54, 1.807) is 12.4 Å². The first-order valence-corrected chi connectivity index (χ1v) is 6.92. The van der Waals surface area contributed by atoms with Gasteiger partial charge >= 0.3 is 5.97 Å². The van der Waals surface area contributed by atoms with Gasteiger partial charge in [-0.25, -0.2) is 0 Å². The van der Waals surface area contributed by atoms with E-state index in [0.717, 1.165) is 5.56 Å². The van der Waals surface area contributed by atoms with Crippen LogP contribution in [0.3, 0.4) is 0 Å². The predicted octanol–water partition coefficient (Wildman–Crippen LogP) is 2.01. The van der Waals surface area contributed by atoms with Gasteiger partial charge < -0.3 is 10.4 Å². The summed E-state index contributed by atoms with van der Waals surface area (Å²) in [5, 5.41) is 12.1. The Bertz CT molecular complexity index is 489. The number of carboxylic acids is 1. The molecular formula is C15H20N2O3. The number of nitrogens with one attached hydrogen (secondary N) is 1. The van der Waals surface area contributed by atoms with Crippen LogP contribution in [-0.2, 0) is 9.59 Å². The largest absolute Gasteiger partial charge is 0.481 e. The molecule has 1 fully saturated rings. The second kappa shape index (κ2) is 6.03.